The van der Waals surface area contributed by atoms with Crippen LogP contribution < -0.4 is 9.47 Å². The van der Waals surface area contributed by atoms with Gasteiger partial charge in [0, 0.05) is 0 Å². The van der Waals surface area contributed by atoms with E-state index in [9.17, 15) is 19.2 Å². The molecular formula is C38H42O10. The molecule has 0 aliphatic carbocycles. The minimum Gasteiger partial charge on any atom is -0.493 e. The summed E-state index contributed by atoms with van der Waals surface area (Å²) < 4.78 is 32.8. The molecule has 0 saturated carbocycles. The average Bonchev–Trinajstić information content (AvgIpc) is 3.08. The van der Waals surface area contributed by atoms with E-state index in [2.05, 4.69) is 0 Å². The maximum Gasteiger partial charge on any atom is 0.341 e. The monoisotopic (exact) mass is 658 g/mol. The van der Waals surface area contributed by atoms with Crippen LogP contribution >= 0.6 is 0 Å². The van der Waals surface area contributed by atoms with E-state index in [1.807, 2.05) is 0 Å². The molecule has 254 valence electrons. The predicted octanol–water partition coefficient (Wildman–Crippen LogP) is 7.72. The highest BCUT2D eigenvalue weighted by Crippen LogP contribution is 2.30. The lowest BCUT2D eigenvalue weighted by Crippen LogP contribution is -2.10. The van der Waals surface area contributed by atoms with Crippen LogP contribution in [0.3, 0.4) is 0 Å². The topological polar surface area (TPSA) is 124 Å². The van der Waals surface area contributed by atoms with E-state index in [-0.39, 0.29) is 26.4 Å². The molecule has 0 unspecified atom stereocenters. The SMILES string of the molecule is CCOC(=O)c1ccc2cc(OCCCCCCOc3cc4ccc(C(=O)OCC)cc4cc3C(=O)OCC)c(C(=O)OCC)cc2c1. The first-order chi connectivity index (χ1) is 23.3. The van der Waals surface area contributed by atoms with Crippen LogP contribution in [0.1, 0.15) is 94.8 Å². The number of unbranched alkanes of at least 4 members (excludes halogenated alkanes) is 3. The molecule has 10 nitrogen and oxygen atoms in total. The Hall–Kier alpha value is -5.12. The normalized spacial score (nSPS) is 10.8. The zero-order valence-electron chi connectivity index (χ0n) is 27.9. The van der Waals surface area contributed by atoms with Gasteiger partial charge in [-0.05, 0) is 123 Å². The maximum absolute atomic E-state index is 12.7. The molecule has 0 atom stereocenters. The van der Waals surface area contributed by atoms with E-state index in [1.165, 1.54) is 0 Å². The first-order valence-electron chi connectivity index (χ1n) is 16.4. The van der Waals surface area contributed by atoms with Crippen molar-refractivity contribution in [2.75, 3.05) is 39.6 Å². The fourth-order valence-electron chi connectivity index (χ4n) is 5.13. The first kappa shape index (κ1) is 35.7. The lowest BCUT2D eigenvalue weighted by Gasteiger charge is -2.14. The number of ether oxygens (including phenoxy) is 6. The van der Waals surface area contributed by atoms with Gasteiger partial charge in [0.25, 0.3) is 0 Å². The second-order valence-corrected chi connectivity index (χ2v) is 10.8. The molecule has 10 heteroatoms. The van der Waals surface area contributed by atoms with Crippen LogP contribution in [-0.2, 0) is 18.9 Å². The van der Waals surface area contributed by atoms with Crippen LogP contribution in [0.25, 0.3) is 21.5 Å². The number of hydrogen-bond acceptors (Lipinski definition) is 10. The molecule has 4 aromatic rings. The van der Waals surface area contributed by atoms with Gasteiger partial charge in [-0.15, -0.1) is 0 Å². The molecule has 0 amide bonds. The van der Waals surface area contributed by atoms with Gasteiger partial charge in [-0.1, -0.05) is 12.1 Å². The van der Waals surface area contributed by atoms with Crippen LogP contribution in [0.5, 0.6) is 11.5 Å². The quantitative estimate of drug-likeness (QED) is 0.0633. The lowest BCUT2D eigenvalue weighted by atomic mass is 10.0. The van der Waals surface area contributed by atoms with Crippen molar-refractivity contribution in [1.29, 1.82) is 0 Å². The van der Waals surface area contributed by atoms with Gasteiger partial charge >= 0.3 is 23.9 Å². The van der Waals surface area contributed by atoms with E-state index >= 15 is 0 Å². The van der Waals surface area contributed by atoms with Crippen molar-refractivity contribution >= 4 is 45.4 Å². The zero-order chi connectivity index (χ0) is 34.5. The van der Waals surface area contributed by atoms with Gasteiger partial charge in [-0.2, -0.15) is 0 Å². The molecule has 0 aliphatic rings. The summed E-state index contributed by atoms with van der Waals surface area (Å²) in [6.07, 6.45) is 3.20. The number of carbonyl (C=O) groups is 4. The summed E-state index contributed by atoms with van der Waals surface area (Å²) >= 11 is 0. The minimum atomic E-state index is -0.497. The van der Waals surface area contributed by atoms with Crippen molar-refractivity contribution in [3.05, 3.63) is 82.9 Å². The fourth-order valence-corrected chi connectivity index (χ4v) is 5.13. The van der Waals surface area contributed by atoms with Crippen molar-refractivity contribution in [3.63, 3.8) is 0 Å². The van der Waals surface area contributed by atoms with E-state index in [0.717, 1.165) is 36.5 Å². The fraction of sp³-hybridized carbons (Fsp3) is 0.368. The Kier molecular flexibility index (Phi) is 13.2. The molecule has 0 fully saturated rings. The van der Waals surface area contributed by atoms with Gasteiger partial charge in [-0.25, -0.2) is 19.2 Å². The van der Waals surface area contributed by atoms with Crippen LogP contribution in [0.4, 0.5) is 0 Å². The van der Waals surface area contributed by atoms with Crippen molar-refractivity contribution in [2.24, 2.45) is 0 Å². The number of fused-ring (bicyclic) bond motifs is 2. The summed E-state index contributed by atoms with van der Waals surface area (Å²) in [5.41, 5.74) is 1.39. The number of hydrogen-bond donors (Lipinski definition) is 0. The van der Waals surface area contributed by atoms with E-state index < -0.39 is 23.9 Å². The largest absolute Gasteiger partial charge is 0.493 e. The average molecular weight is 659 g/mol. The Labute approximate surface area is 280 Å². The van der Waals surface area contributed by atoms with E-state index in [1.54, 1.807) is 88.4 Å². The van der Waals surface area contributed by atoms with Crippen LogP contribution in [0.2, 0.25) is 0 Å². The Bertz CT molecular complexity index is 1630. The van der Waals surface area contributed by atoms with Gasteiger partial charge in [0.05, 0.1) is 50.8 Å². The van der Waals surface area contributed by atoms with Gasteiger partial charge in [0.15, 0.2) is 0 Å². The first-order valence-corrected chi connectivity index (χ1v) is 16.4. The van der Waals surface area contributed by atoms with Gasteiger partial charge < -0.3 is 28.4 Å². The third kappa shape index (κ3) is 9.24. The second kappa shape index (κ2) is 17.7. The Morgan fingerprint density at radius 3 is 1.19 bits per heavy atom. The molecule has 0 saturated heterocycles. The number of rotatable bonds is 17. The number of carbonyl (C=O) groups excluding carboxylic acids is 4. The van der Waals surface area contributed by atoms with Gasteiger partial charge in [0.1, 0.15) is 22.6 Å². The highest BCUT2D eigenvalue weighted by atomic mass is 16.5. The Morgan fingerprint density at radius 2 is 0.812 bits per heavy atom. The predicted molar refractivity (Wildman–Crippen MR) is 181 cm³/mol. The molecule has 0 aliphatic heterocycles. The summed E-state index contributed by atoms with van der Waals surface area (Å²) in [5.74, 6) is -1.00. The summed E-state index contributed by atoms with van der Waals surface area (Å²) in [7, 11) is 0. The highest BCUT2D eigenvalue weighted by Gasteiger charge is 2.18. The third-order valence-electron chi connectivity index (χ3n) is 7.44. The smallest absolute Gasteiger partial charge is 0.341 e. The molecule has 0 bridgehead atoms. The summed E-state index contributed by atoms with van der Waals surface area (Å²) in [6, 6.07) is 17.3. The minimum absolute atomic E-state index is 0.220. The number of esters is 4. The van der Waals surface area contributed by atoms with E-state index in [0.29, 0.717) is 57.7 Å². The Morgan fingerprint density at radius 1 is 0.438 bits per heavy atom. The molecule has 0 N–H and O–H groups in total. The molecule has 0 spiro atoms. The van der Waals surface area contributed by atoms with E-state index in [4.69, 9.17) is 28.4 Å². The molecule has 0 aromatic heterocycles. The number of benzene rings is 4. The second-order valence-electron chi connectivity index (χ2n) is 10.8. The van der Waals surface area contributed by atoms with Crippen LogP contribution in [0.15, 0.2) is 60.7 Å². The molecular weight excluding hydrogens is 616 g/mol. The molecule has 4 aromatic carbocycles. The van der Waals surface area contributed by atoms with Gasteiger partial charge in [0.2, 0.25) is 0 Å². The van der Waals surface area contributed by atoms with Crippen LogP contribution in [0, 0.1) is 0 Å². The standard InChI is InChI=1S/C38H42O10/c1-5-43-35(39)27-15-13-25-23-33(31(21-29(25)19-27)37(41)45-7-3)47-17-11-9-10-12-18-48-34-24-26-14-16-28(36(40)44-6-2)20-30(26)22-32(34)38(42)46-8-4/h13-16,19-24H,5-12,17-18H2,1-4H3. The molecule has 4 rings (SSSR count). The van der Waals surface area contributed by atoms with Crippen molar-refractivity contribution in [1.82, 2.24) is 0 Å². The molecule has 0 heterocycles. The Balaban J connectivity index is 1.34. The summed E-state index contributed by atoms with van der Waals surface area (Å²) in [6.45, 7) is 8.74. The van der Waals surface area contributed by atoms with Crippen molar-refractivity contribution in [3.8, 4) is 11.5 Å². The zero-order valence-corrected chi connectivity index (χ0v) is 27.9. The van der Waals surface area contributed by atoms with Crippen LogP contribution in [-0.4, -0.2) is 63.5 Å². The van der Waals surface area contributed by atoms with Crippen molar-refractivity contribution < 1.29 is 47.6 Å². The van der Waals surface area contributed by atoms with Crippen molar-refractivity contribution in [2.45, 2.75) is 53.4 Å². The molecule has 0 radical (unpaired) electrons. The van der Waals surface area contributed by atoms with Gasteiger partial charge in [-0.3, -0.25) is 0 Å². The maximum atomic E-state index is 12.7. The lowest BCUT2D eigenvalue weighted by molar-refractivity contribution is 0.0511. The molecule has 48 heavy (non-hydrogen) atoms. The summed E-state index contributed by atoms with van der Waals surface area (Å²) in [5, 5.41) is 3.04. The summed E-state index contributed by atoms with van der Waals surface area (Å²) in [4.78, 5) is 49.9. The third-order valence-corrected chi connectivity index (χ3v) is 7.44. The highest BCUT2D eigenvalue weighted by molar-refractivity contribution is 6.02.